The first kappa shape index (κ1) is 15.3. The molecule has 0 aliphatic rings. The first-order valence-corrected chi connectivity index (χ1v) is 6.43. The summed E-state index contributed by atoms with van der Waals surface area (Å²) < 4.78 is 5.24. The Morgan fingerprint density at radius 2 is 2.16 bits per heavy atom. The second-order valence-electron chi connectivity index (χ2n) is 4.34. The van der Waals surface area contributed by atoms with Crippen LogP contribution in [-0.4, -0.2) is 42.8 Å². The topological polar surface area (TPSA) is 61.8 Å². The van der Waals surface area contributed by atoms with Gasteiger partial charge < -0.3 is 20.1 Å². The zero-order valence-electron chi connectivity index (χ0n) is 11.8. The number of benzene rings is 1. The Hall–Kier alpha value is -1.75. The molecule has 19 heavy (non-hydrogen) atoms. The maximum absolute atomic E-state index is 12.1. The molecule has 2 N–H and O–H groups in total. The third kappa shape index (κ3) is 4.44. The van der Waals surface area contributed by atoms with Gasteiger partial charge >= 0.3 is 6.03 Å². The van der Waals surface area contributed by atoms with Crippen LogP contribution >= 0.6 is 0 Å². The minimum absolute atomic E-state index is 0.0432. The molecule has 0 spiro atoms. The van der Waals surface area contributed by atoms with E-state index in [-0.39, 0.29) is 12.6 Å². The van der Waals surface area contributed by atoms with Gasteiger partial charge in [-0.25, -0.2) is 4.79 Å². The molecule has 0 fully saturated rings. The van der Waals surface area contributed by atoms with Crippen molar-refractivity contribution >= 4 is 11.7 Å². The summed E-state index contributed by atoms with van der Waals surface area (Å²) in [6.45, 7) is 4.85. The molecule has 0 saturated carbocycles. The number of anilines is 1. The van der Waals surface area contributed by atoms with Gasteiger partial charge in [0.25, 0.3) is 0 Å². The molecule has 0 bridgehead atoms. The Morgan fingerprint density at radius 3 is 2.74 bits per heavy atom. The highest BCUT2D eigenvalue weighted by Gasteiger charge is 2.14. The molecule has 5 nitrogen and oxygen atoms in total. The zero-order valence-corrected chi connectivity index (χ0v) is 11.8. The number of methoxy groups -OCH3 is 1. The number of aliphatic hydroxyl groups is 1. The number of nitrogens with one attached hydrogen (secondary N) is 1. The number of carbonyl (C=O) groups is 1. The highest BCUT2D eigenvalue weighted by atomic mass is 16.5. The molecule has 0 aromatic heterocycles. The van der Waals surface area contributed by atoms with Gasteiger partial charge in [0.15, 0.2) is 0 Å². The normalized spacial score (nSPS) is 10.1. The van der Waals surface area contributed by atoms with Crippen LogP contribution in [0.2, 0.25) is 0 Å². The predicted molar refractivity (Wildman–Crippen MR) is 75.7 cm³/mol. The van der Waals surface area contributed by atoms with Crippen LogP contribution in [0.1, 0.15) is 18.9 Å². The Labute approximate surface area is 114 Å². The Balaban J connectivity index is 2.79. The fourth-order valence-electron chi connectivity index (χ4n) is 1.80. The van der Waals surface area contributed by atoms with Crippen molar-refractivity contribution in [1.82, 2.24) is 4.90 Å². The number of ether oxygens (including phenoxy) is 1. The minimum Gasteiger partial charge on any atom is -0.495 e. The van der Waals surface area contributed by atoms with Gasteiger partial charge in [-0.2, -0.15) is 0 Å². The first-order valence-electron chi connectivity index (χ1n) is 6.43. The molecule has 5 heteroatoms. The second-order valence-corrected chi connectivity index (χ2v) is 4.34. The SMILES string of the molecule is CCCN(CCO)C(=O)Nc1ccc(C)cc1OC. The average Bonchev–Trinajstić information content (AvgIpc) is 2.40. The smallest absolute Gasteiger partial charge is 0.322 e. The molecule has 2 amide bonds. The summed E-state index contributed by atoms with van der Waals surface area (Å²) >= 11 is 0. The molecule has 0 heterocycles. The van der Waals surface area contributed by atoms with E-state index in [1.807, 2.05) is 32.0 Å². The number of nitrogens with zero attached hydrogens (tertiary/aromatic N) is 1. The van der Waals surface area contributed by atoms with E-state index in [0.29, 0.717) is 24.5 Å². The minimum atomic E-state index is -0.224. The van der Waals surface area contributed by atoms with E-state index in [0.717, 1.165) is 12.0 Å². The van der Waals surface area contributed by atoms with Crippen molar-refractivity contribution < 1.29 is 14.6 Å². The molecule has 0 saturated heterocycles. The summed E-state index contributed by atoms with van der Waals surface area (Å²) in [6, 6.07) is 5.37. The molecule has 1 aromatic rings. The van der Waals surface area contributed by atoms with Crippen LogP contribution in [0.25, 0.3) is 0 Å². The van der Waals surface area contributed by atoms with Crippen LogP contribution in [0.4, 0.5) is 10.5 Å². The number of aliphatic hydroxyl groups excluding tert-OH is 1. The van der Waals surface area contributed by atoms with Gasteiger partial charge in [0, 0.05) is 13.1 Å². The van der Waals surface area contributed by atoms with Crippen molar-refractivity contribution in [2.45, 2.75) is 20.3 Å². The largest absolute Gasteiger partial charge is 0.495 e. The molecular weight excluding hydrogens is 244 g/mol. The van der Waals surface area contributed by atoms with Crippen LogP contribution in [-0.2, 0) is 0 Å². The third-order valence-corrected chi connectivity index (χ3v) is 2.75. The lowest BCUT2D eigenvalue weighted by Gasteiger charge is -2.22. The summed E-state index contributed by atoms with van der Waals surface area (Å²) in [7, 11) is 1.57. The number of aryl methyl sites for hydroxylation is 1. The summed E-state index contributed by atoms with van der Waals surface area (Å²) in [6.07, 6.45) is 0.846. The second kappa shape index (κ2) is 7.63. The third-order valence-electron chi connectivity index (χ3n) is 2.75. The molecule has 0 radical (unpaired) electrons. The summed E-state index contributed by atoms with van der Waals surface area (Å²) in [4.78, 5) is 13.7. The van der Waals surface area contributed by atoms with Crippen molar-refractivity contribution in [3.63, 3.8) is 0 Å². The van der Waals surface area contributed by atoms with Gasteiger partial charge in [0.05, 0.1) is 19.4 Å². The van der Waals surface area contributed by atoms with Crippen LogP contribution < -0.4 is 10.1 Å². The average molecular weight is 266 g/mol. The van der Waals surface area contributed by atoms with E-state index in [1.54, 1.807) is 12.0 Å². The van der Waals surface area contributed by atoms with Crippen LogP contribution in [0.5, 0.6) is 5.75 Å². The Morgan fingerprint density at radius 1 is 1.42 bits per heavy atom. The van der Waals surface area contributed by atoms with Gasteiger partial charge in [0.2, 0.25) is 0 Å². The van der Waals surface area contributed by atoms with E-state index in [9.17, 15) is 4.79 Å². The maximum Gasteiger partial charge on any atom is 0.322 e. The number of amides is 2. The summed E-state index contributed by atoms with van der Waals surface area (Å²) in [5, 5.41) is 11.8. The van der Waals surface area contributed by atoms with Crippen molar-refractivity contribution in [3.8, 4) is 5.75 Å². The van der Waals surface area contributed by atoms with Crippen LogP contribution in [0, 0.1) is 6.92 Å². The van der Waals surface area contributed by atoms with Crippen LogP contribution in [0.15, 0.2) is 18.2 Å². The van der Waals surface area contributed by atoms with Crippen molar-refractivity contribution in [2.24, 2.45) is 0 Å². The molecule has 106 valence electrons. The summed E-state index contributed by atoms with van der Waals surface area (Å²) in [5.41, 5.74) is 1.70. The molecule has 1 rings (SSSR count). The predicted octanol–water partition coefficient (Wildman–Crippen LogP) is 2.24. The monoisotopic (exact) mass is 266 g/mol. The van der Waals surface area contributed by atoms with Gasteiger partial charge in [-0.05, 0) is 31.0 Å². The highest BCUT2D eigenvalue weighted by molar-refractivity contribution is 5.91. The van der Waals surface area contributed by atoms with Crippen molar-refractivity contribution in [2.75, 3.05) is 32.1 Å². The Kier molecular flexibility index (Phi) is 6.15. The lowest BCUT2D eigenvalue weighted by atomic mass is 10.2. The summed E-state index contributed by atoms with van der Waals surface area (Å²) in [5.74, 6) is 0.633. The highest BCUT2D eigenvalue weighted by Crippen LogP contribution is 2.25. The Bertz CT molecular complexity index is 415. The number of hydrogen-bond acceptors (Lipinski definition) is 3. The number of hydrogen-bond donors (Lipinski definition) is 2. The lowest BCUT2D eigenvalue weighted by molar-refractivity contribution is 0.188. The van der Waals surface area contributed by atoms with Gasteiger partial charge in [-0.1, -0.05) is 13.0 Å². The zero-order chi connectivity index (χ0) is 14.3. The lowest BCUT2D eigenvalue weighted by Crippen LogP contribution is -2.37. The van der Waals surface area contributed by atoms with Crippen LogP contribution in [0.3, 0.4) is 0 Å². The van der Waals surface area contributed by atoms with Crippen molar-refractivity contribution in [3.05, 3.63) is 23.8 Å². The van der Waals surface area contributed by atoms with Gasteiger partial charge in [-0.15, -0.1) is 0 Å². The van der Waals surface area contributed by atoms with Gasteiger partial charge in [-0.3, -0.25) is 0 Å². The number of urea groups is 1. The number of carbonyl (C=O) groups excluding carboxylic acids is 1. The molecular formula is C14H22N2O3. The quantitative estimate of drug-likeness (QED) is 0.830. The molecule has 0 unspecified atom stereocenters. The molecule has 0 atom stereocenters. The van der Waals surface area contributed by atoms with E-state index in [1.165, 1.54) is 0 Å². The first-order chi connectivity index (χ1) is 9.12. The van der Waals surface area contributed by atoms with Gasteiger partial charge in [0.1, 0.15) is 5.75 Å². The molecule has 1 aromatic carbocycles. The van der Waals surface area contributed by atoms with Crippen molar-refractivity contribution in [1.29, 1.82) is 0 Å². The molecule has 0 aliphatic heterocycles. The van der Waals surface area contributed by atoms with E-state index in [4.69, 9.17) is 9.84 Å². The van der Waals surface area contributed by atoms with E-state index in [2.05, 4.69) is 5.32 Å². The standard InChI is InChI=1S/C14H22N2O3/c1-4-7-16(8-9-17)14(18)15-12-6-5-11(2)10-13(12)19-3/h5-6,10,17H,4,7-9H2,1-3H3,(H,15,18). The fourth-order valence-corrected chi connectivity index (χ4v) is 1.80. The van der Waals surface area contributed by atoms with E-state index < -0.39 is 0 Å². The molecule has 0 aliphatic carbocycles. The number of rotatable bonds is 6. The van der Waals surface area contributed by atoms with E-state index >= 15 is 0 Å². The fraction of sp³-hybridized carbons (Fsp3) is 0.500. The maximum atomic E-state index is 12.1.